The van der Waals surface area contributed by atoms with E-state index in [2.05, 4.69) is 75.2 Å². The number of aromatic nitrogens is 2. The van der Waals surface area contributed by atoms with Crippen molar-refractivity contribution in [3.05, 3.63) is 82.9 Å². The van der Waals surface area contributed by atoms with E-state index in [0.717, 1.165) is 41.2 Å². The van der Waals surface area contributed by atoms with Gasteiger partial charge in [0.05, 0.1) is 18.6 Å². The van der Waals surface area contributed by atoms with Crippen molar-refractivity contribution < 1.29 is 0 Å². The third-order valence-electron chi connectivity index (χ3n) is 6.05. The third-order valence-corrected chi connectivity index (χ3v) is 6.05. The third kappa shape index (κ3) is 2.88. The molecule has 28 heavy (non-hydrogen) atoms. The first-order valence-electron chi connectivity index (χ1n) is 9.83. The molecule has 0 spiro atoms. The van der Waals surface area contributed by atoms with E-state index in [-0.39, 0.29) is 5.92 Å². The molecule has 0 bridgehead atoms. The molecule has 1 aromatic heterocycles. The van der Waals surface area contributed by atoms with Gasteiger partial charge >= 0.3 is 0 Å². The van der Waals surface area contributed by atoms with Crippen LogP contribution in [0, 0.1) is 6.92 Å². The van der Waals surface area contributed by atoms with Crippen LogP contribution in [0.3, 0.4) is 0 Å². The lowest BCUT2D eigenvalue weighted by atomic mass is 9.84. The van der Waals surface area contributed by atoms with Gasteiger partial charge in [0.1, 0.15) is 5.66 Å². The standard InChI is InChI=1S/C23H25N5/c1-15-22(27-14-26-15)13-25-18-7-9-21-17(12-18)10-11-23(24,28-21)20-8-6-16-4-2-3-5-19(16)20/h2-5,7,9-12,14,20,25,28H,6,8,13,24H2,1H3,(H,26,27)/t20?,23-/m1/s1. The maximum absolute atomic E-state index is 6.85. The summed E-state index contributed by atoms with van der Waals surface area (Å²) in [5, 5.41) is 7.06. The van der Waals surface area contributed by atoms with Gasteiger partial charge in [-0.2, -0.15) is 0 Å². The summed E-state index contributed by atoms with van der Waals surface area (Å²) in [5.41, 5.74) is 14.5. The molecule has 142 valence electrons. The number of nitrogens with zero attached hydrogens (tertiary/aromatic N) is 1. The van der Waals surface area contributed by atoms with Crippen LogP contribution in [0.15, 0.2) is 54.9 Å². The fourth-order valence-corrected chi connectivity index (χ4v) is 4.43. The van der Waals surface area contributed by atoms with E-state index < -0.39 is 5.66 Å². The number of aryl methyl sites for hydroxylation is 2. The second-order valence-corrected chi connectivity index (χ2v) is 7.81. The van der Waals surface area contributed by atoms with Crippen molar-refractivity contribution in [1.29, 1.82) is 0 Å². The Labute approximate surface area is 165 Å². The van der Waals surface area contributed by atoms with Gasteiger partial charge in [-0.15, -0.1) is 0 Å². The molecular weight excluding hydrogens is 346 g/mol. The highest BCUT2D eigenvalue weighted by Crippen LogP contribution is 2.43. The molecule has 5 nitrogen and oxygen atoms in total. The van der Waals surface area contributed by atoms with Crippen molar-refractivity contribution in [3.63, 3.8) is 0 Å². The molecule has 0 amide bonds. The van der Waals surface area contributed by atoms with Crippen molar-refractivity contribution in [2.24, 2.45) is 5.73 Å². The minimum atomic E-state index is -0.555. The van der Waals surface area contributed by atoms with E-state index in [1.165, 1.54) is 11.1 Å². The predicted octanol–water partition coefficient (Wildman–Crippen LogP) is 4.15. The van der Waals surface area contributed by atoms with Crippen molar-refractivity contribution in [3.8, 4) is 0 Å². The molecule has 2 atom stereocenters. The number of nitrogens with one attached hydrogen (secondary N) is 3. The van der Waals surface area contributed by atoms with Crippen LogP contribution in [0.2, 0.25) is 0 Å². The largest absolute Gasteiger partial charge is 0.379 e. The van der Waals surface area contributed by atoms with Crippen LogP contribution in [0.1, 0.15) is 40.4 Å². The molecule has 2 aliphatic rings. The molecule has 1 unspecified atom stereocenters. The fourth-order valence-electron chi connectivity index (χ4n) is 4.43. The summed E-state index contributed by atoms with van der Waals surface area (Å²) in [5.74, 6) is 0.286. The first kappa shape index (κ1) is 17.1. The maximum atomic E-state index is 6.85. The number of imidazole rings is 1. The fraction of sp³-hybridized carbons (Fsp3) is 0.261. The smallest absolute Gasteiger partial charge is 0.112 e. The number of H-pyrrole nitrogens is 1. The van der Waals surface area contributed by atoms with Gasteiger partial charge in [-0.3, -0.25) is 0 Å². The zero-order valence-corrected chi connectivity index (χ0v) is 16.0. The van der Waals surface area contributed by atoms with E-state index >= 15 is 0 Å². The zero-order valence-electron chi connectivity index (χ0n) is 16.0. The first-order valence-corrected chi connectivity index (χ1v) is 9.83. The number of anilines is 2. The minimum Gasteiger partial charge on any atom is -0.379 e. The van der Waals surface area contributed by atoms with Crippen molar-refractivity contribution in [2.75, 3.05) is 10.6 Å². The quantitative estimate of drug-likeness (QED) is 0.555. The van der Waals surface area contributed by atoms with E-state index in [1.807, 2.05) is 6.92 Å². The monoisotopic (exact) mass is 371 g/mol. The van der Waals surface area contributed by atoms with Crippen LogP contribution >= 0.6 is 0 Å². The molecule has 2 heterocycles. The lowest BCUT2D eigenvalue weighted by Crippen LogP contribution is -2.51. The Balaban J connectivity index is 1.36. The van der Waals surface area contributed by atoms with E-state index in [0.29, 0.717) is 6.54 Å². The summed E-state index contributed by atoms with van der Waals surface area (Å²) >= 11 is 0. The summed E-state index contributed by atoms with van der Waals surface area (Å²) in [7, 11) is 0. The minimum absolute atomic E-state index is 0.286. The molecule has 0 radical (unpaired) electrons. The number of aromatic amines is 1. The van der Waals surface area contributed by atoms with E-state index in [1.54, 1.807) is 6.33 Å². The second kappa shape index (κ2) is 6.53. The van der Waals surface area contributed by atoms with Crippen LogP contribution in [-0.2, 0) is 13.0 Å². The van der Waals surface area contributed by atoms with Crippen LogP contribution in [0.25, 0.3) is 6.08 Å². The van der Waals surface area contributed by atoms with Gasteiger partial charge < -0.3 is 21.4 Å². The van der Waals surface area contributed by atoms with Crippen LogP contribution in [0.5, 0.6) is 0 Å². The lowest BCUT2D eigenvalue weighted by Gasteiger charge is -2.38. The number of nitrogens with two attached hydrogens (primary N) is 1. The van der Waals surface area contributed by atoms with E-state index in [4.69, 9.17) is 5.73 Å². The molecular formula is C23H25N5. The van der Waals surface area contributed by atoms with E-state index in [9.17, 15) is 0 Å². The molecule has 0 fully saturated rings. The Hall–Kier alpha value is -3.05. The SMILES string of the molecule is Cc1[nH]cnc1CNc1ccc2c(c1)C=C[C@](N)(C1CCc3ccccc31)N2. The highest BCUT2D eigenvalue weighted by molar-refractivity contribution is 5.76. The lowest BCUT2D eigenvalue weighted by molar-refractivity contribution is 0.468. The Morgan fingerprint density at radius 3 is 3.00 bits per heavy atom. The van der Waals surface area contributed by atoms with Crippen LogP contribution < -0.4 is 16.4 Å². The number of benzene rings is 2. The maximum Gasteiger partial charge on any atom is 0.112 e. The number of fused-ring (bicyclic) bond motifs is 2. The number of rotatable bonds is 4. The molecule has 1 aliphatic carbocycles. The summed E-state index contributed by atoms with van der Waals surface area (Å²) in [6.45, 7) is 2.73. The second-order valence-electron chi connectivity index (χ2n) is 7.81. The molecule has 3 aromatic rings. The van der Waals surface area contributed by atoms with Gasteiger partial charge in [-0.1, -0.05) is 30.3 Å². The van der Waals surface area contributed by atoms with Gasteiger partial charge in [0, 0.05) is 23.0 Å². The summed E-state index contributed by atoms with van der Waals surface area (Å²) in [4.78, 5) is 7.45. The Bertz CT molecular complexity index is 1050. The van der Waals surface area contributed by atoms with Gasteiger partial charge in [0.25, 0.3) is 0 Å². The average molecular weight is 371 g/mol. The van der Waals surface area contributed by atoms with Crippen LogP contribution in [0.4, 0.5) is 11.4 Å². The summed E-state index contributed by atoms with van der Waals surface area (Å²) in [6.07, 6.45) is 8.18. The van der Waals surface area contributed by atoms with Crippen molar-refractivity contribution in [1.82, 2.24) is 9.97 Å². The molecule has 2 aromatic carbocycles. The average Bonchev–Trinajstić information content (AvgIpc) is 3.33. The van der Waals surface area contributed by atoms with Crippen LogP contribution in [-0.4, -0.2) is 15.6 Å². The number of hydrogen-bond donors (Lipinski definition) is 4. The zero-order chi connectivity index (χ0) is 19.1. The topological polar surface area (TPSA) is 78.8 Å². The Morgan fingerprint density at radius 2 is 2.14 bits per heavy atom. The van der Waals surface area contributed by atoms with Gasteiger partial charge in [0.2, 0.25) is 0 Å². The highest BCUT2D eigenvalue weighted by atomic mass is 15.1. The molecule has 5 rings (SSSR count). The first-order chi connectivity index (χ1) is 13.6. The molecule has 5 heteroatoms. The van der Waals surface area contributed by atoms with Gasteiger partial charge in [-0.05, 0) is 60.7 Å². The summed E-state index contributed by atoms with van der Waals surface area (Å²) in [6, 6.07) is 15.0. The van der Waals surface area contributed by atoms with Gasteiger partial charge in [0.15, 0.2) is 0 Å². The normalized spacial score (nSPS) is 22.4. The molecule has 1 aliphatic heterocycles. The molecule has 0 saturated carbocycles. The van der Waals surface area contributed by atoms with Gasteiger partial charge in [-0.25, -0.2) is 4.98 Å². The highest BCUT2D eigenvalue weighted by Gasteiger charge is 2.39. The van der Waals surface area contributed by atoms with Crippen molar-refractivity contribution >= 4 is 17.5 Å². The summed E-state index contributed by atoms with van der Waals surface area (Å²) < 4.78 is 0. The number of hydrogen-bond acceptors (Lipinski definition) is 4. The van der Waals surface area contributed by atoms with Crippen molar-refractivity contribution in [2.45, 2.75) is 37.9 Å². The molecule has 5 N–H and O–H groups in total. The Morgan fingerprint density at radius 1 is 1.25 bits per heavy atom. The Kier molecular flexibility index (Phi) is 3.98. The predicted molar refractivity (Wildman–Crippen MR) is 114 cm³/mol. The molecule has 0 saturated heterocycles.